The summed E-state index contributed by atoms with van der Waals surface area (Å²) in [5, 5.41) is 4.00. The molecule has 2 aromatic carbocycles. The Bertz CT molecular complexity index is 882. The lowest BCUT2D eigenvalue weighted by Crippen LogP contribution is -2.35. The van der Waals surface area contributed by atoms with Gasteiger partial charge in [0.25, 0.3) is 5.91 Å². The van der Waals surface area contributed by atoms with E-state index in [1.165, 1.54) is 0 Å². The fourth-order valence-electron chi connectivity index (χ4n) is 1.98. The molecule has 3 aromatic rings. The third-order valence-electron chi connectivity index (χ3n) is 2.96. The lowest BCUT2D eigenvalue weighted by Gasteiger charge is -1.93. The second-order valence-electron chi connectivity index (χ2n) is 4.19. The molecule has 0 saturated heterocycles. The average Bonchev–Trinajstić information content (AvgIpc) is 3.07. The maximum absolute atomic E-state index is 12.0. The molecule has 1 amide bonds. The van der Waals surface area contributed by atoms with E-state index in [0.29, 0.717) is 16.5 Å². The van der Waals surface area contributed by atoms with Gasteiger partial charge >= 0.3 is 0 Å². The molecule has 0 radical (unpaired) electrons. The lowest BCUT2D eigenvalue weighted by atomic mass is 10.2. The van der Waals surface area contributed by atoms with Gasteiger partial charge in [-0.05, 0) is 12.1 Å². The highest BCUT2D eigenvalue weighted by Gasteiger charge is 2.11. The van der Waals surface area contributed by atoms with Crippen LogP contribution in [0.25, 0.3) is 10.8 Å². The quantitative estimate of drug-likeness (QED) is 0.641. The van der Waals surface area contributed by atoms with E-state index in [1.54, 1.807) is 42.6 Å². The molecular formula is C14H9N3O3. The fourth-order valence-corrected chi connectivity index (χ4v) is 1.98. The maximum Gasteiger partial charge on any atom is 0.287 e. The number of carbonyl (C=O) groups is 1. The molecule has 6 nitrogen and oxygen atoms in total. The Morgan fingerprint density at radius 1 is 1.00 bits per heavy atom. The summed E-state index contributed by atoms with van der Waals surface area (Å²) < 4.78 is 0. The van der Waals surface area contributed by atoms with Crippen molar-refractivity contribution >= 4 is 16.7 Å². The average molecular weight is 267 g/mol. The summed E-state index contributed by atoms with van der Waals surface area (Å²) in [5.41, 5.74) is 1.55. The standard InChI is InChI=1S/C14H9N3O3/c18-12-8-4-1-2-5-9(8)13(19)11(12)16-17-14(20)10-6-3-7-15-10/h1-7,15H,(H,17,20). The van der Waals surface area contributed by atoms with E-state index >= 15 is 0 Å². The van der Waals surface area contributed by atoms with Gasteiger partial charge in [0.15, 0.2) is 5.36 Å². The number of aromatic amines is 1. The van der Waals surface area contributed by atoms with Crippen LogP contribution in [0.15, 0.2) is 57.3 Å². The summed E-state index contributed by atoms with van der Waals surface area (Å²) in [5.74, 6) is -0.515. The van der Waals surface area contributed by atoms with Crippen LogP contribution in [0, 0.1) is 0 Å². The molecular weight excluding hydrogens is 258 g/mol. The van der Waals surface area contributed by atoms with E-state index in [-0.39, 0.29) is 5.36 Å². The number of rotatable bonds is 2. The minimum Gasteiger partial charge on any atom is -0.357 e. The summed E-state index contributed by atoms with van der Waals surface area (Å²) in [7, 11) is 0. The lowest BCUT2D eigenvalue weighted by molar-refractivity contribution is 0.0948. The molecule has 0 saturated carbocycles. The Kier molecular flexibility index (Phi) is 2.76. The number of amides is 1. The number of hydrogen-bond acceptors (Lipinski definition) is 4. The Morgan fingerprint density at radius 3 is 2.20 bits per heavy atom. The Labute approximate surface area is 112 Å². The molecule has 3 rings (SSSR count). The first kappa shape index (κ1) is 12.0. The summed E-state index contributed by atoms with van der Waals surface area (Å²) in [6, 6.07) is 9.68. The van der Waals surface area contributed by atoms with E-state index in [4.69, 9.17) is 0 Å². The molecule has 0 aliphatic heterocycles. The largest absolute Gasteiger partial charge is 0.357 e. The Morgan fingerprint density at radius 2 is 1.65 bits per heavy atom. The Balaban J connectivity index is 2.07. The van der Waals surface area contributed by atoms with Crippen LogP contribution in [0.1, 0.15) is 10.5 Å². The van der Waals surface area contributed by atoms with Crippen molar-refractivity contribution < 1.29 is 4.79 Å². The zero-order chi connectivity index (χ0) is 14.1. The summed E-state index contributed by atoms with van der Waals surface area (Å²) in [4.78, 5) is 38.4. The van der Waals surface area contributed by atoms with E-state index in [2.05, 4.69) is 15.5 Å². The number of nitrogens with one attached hydrogen (secondary N) is 2. The smallest absolute Gasteiger partial charge is 0.287 e. The second-order valence-corrected chi connectivity index (χ2v) is 4.19. The van der Waals surface area contributed by atoms with Crippen molar-refractivity contribution in [3.05, 3.63) is 74.1 Å². The van der Waals surface area contributed by atoms with Crippen molar-refractivity contribution in [2.45, 2.75) is 0 Å². The Hall–Kier alpha value is -3.02. The maximum atomic E-state index is 12.0. The van der Waals surface area contributed by atoms with Crippen molar-refractivity contribution in [1.82, 2.24) is 10.4 Å². The van der Waals surface area contributed by atoms with Gasteiger partial charge in [-0.3, -0.25) is 14.4 Å². The van der Waals surface area contributed by atoms with Crippen molar-refractivity contribution in [3.8, 4) is 0 Å². The number of fused-ring (bicyclic) bond motifs is 1. The van der Waals surface area contributed by atoms with Crippen LogP contribution in [-0.4, -0.2) is 10.9 Å². The number of carbonyl (C=O) groups excluding carboxylic acids is 1. The van der Waals surface area contributed by atoms with Gasteiger partial charge in [0.2, 0.25) is 10.9 Å². The van der Waals surface area contributed by atoms with Crippen molar-refractivity contribution in [2.24, 2.45) is 5.10 Å². The van der Waals surface area contributed by atoms with Crippen LogP contribution in [0.3, 0.4) is 0 Å². The third-order valence-corrected chi connectivity index (χ3v) is 2.96. The van der Waals surface area contributed by atoms with Gasteiger partial charge in [0, 0.05) is 17.0 Å². The normalized spacial score (nSPS) is 10.6. The minimum atomic E-state index is -0.515. The van der Waals surface area contributed by atoms with Crippen LogP contribution in [0.4, 0.5) is 0 Å². The molecule has 0 aliphatic carbocycles. The van der Waals surface area contributed by atoms with Crippen LogP contribution < -0.4 is 21.6 Å². The molecule has 0 fully saturated rings. The first-order chi connectivity index (χ1) is 9.68. The van der Waals surface area contributed by atoms with Crippen molar-refractivity contribution in [2.75, 3.05) is 0 Å². The monoisotopic (exact) mass is 267 g/mol. The van der Waals surface area contributed by atoms with Gasteiger partial charge in [-0.2, -0.15) is 5.10 Å². The molecule has 0 atom stereocenters. The molecule has 1 aromatic heterocycles. The molecule has 98 valence electrons. The van der Waals surface area contributed by atoms with Crippen LogP contribution in [0.5, 0.6) is 0 Å². The van der Waals surface area contributed by atoms with E-state index < -0.39 is 16.8 Å². The molecule has 20 heavy (non-hydrogen) atoms. The van der Waals surface area contributed by atoms with E-state index in [1.807, 2.05) is 0 Å². The fraction of sp³-hybridized carbons (Fsp3) is 0. The van der Waals surface area contributed by atoms with Gasteiger partial charge in [-0.25, -0.2) is 5.43 Å². The van der Waals surface area contributed by atoms with Gasteiger partial charge in [0.1, 0.15) is 5.69 Å². The molecule has 1 heterocycles. The highest BCUT2D eigenvalue weighted by Crippen LogP contribution is 2.01. The molecule has 0 spiro atoms. The van der Waals surface area contributed by atoms with Crippen molar-refractivity contribution in [3.63, 3.8) is 0 Å². The van der Waals surface area contributed by atoms with Crippen molar-refractivity contribution in [1.29, 1.82) is 0 Å². The molecule has 0 unspecified atom stereocenters. The van der Waals surface area contributed by atoms with Crippen LogP contribution >= 0.6 is 0 Å². The summed E-state index contributed by atoms with van der Waals surface area (Å²) in [6.07, 6.45) is 1.59. The van der Waals surface area contributed by atoms with Crippen LogP contribution in [-0.2, 0) is 0 Å². The number of nitrogens with zero attached hydrogens (tertiary/aromatic N) is 1. The SMILES string of the molecule is O=C(NN=c1c(=O)c2ccccc2c1=O)c1ccc[nH]1. The molecule has 2 N–H and O–H groups in total. The zero-order valence-corrected chi connectivity index (χ0v) is 10.2. The third kappa shape index (κ3) is 1.83. The zero-order valence-electron chi connectivity index (χ0n) is 10.2. The van der Waals surface area contributed by atoms with Crippen LogP contribution in [0.2, 0.25) is 0 Å². The highest BCUT2D eigenvalue weighted by molar-refractivity contribution is 5.92. The predicted octanol–water partition coefficient (Wildman–Crippen LogP) is 0.00960. The van der Waals surface area contributed by atoms with Gasteiger partial charge in [0.05, 0.1) is 0 Å². The molecule has 6 heteroatoms. The van der Waals surface area contributed by atoms with E-state index in [0.717, 1.165) is 0 Å². The number of aromatic nitrogens is 1. The number of hydrogen-bond donors (Lipinski definition) is 2. The number of H-pyrrole nitrogens is 1. The number of benzene rings is 1. The minimum absolute atomic E-state index is 0.272. The molecule has 0 bridgehead atoms. The van der Waals surface area contributed by atoms with Gasteiger partial charge in [-0.15, -0.1) is 0 Å². The summed E-state index contributed by atoms with van der Waals surface area (Å²) >= 11 is 0. The first-order valence-corrected chi connectivity index (χ1v) is 5.88. The van der Waals surface area contributed by atoms with E-state index in [9.17, 15) is 14.4 Å². The topological polar surface area (TPSA) is 91.4 Å². The predicted molar refractivity (Wildman–Crippen MR) is 72.7 cm³/mol. The highest BCUT2D eigenvalue weighted by atomic mass is 16.2. The van der Waals surface area contributed by atoms with Gasteiger partial charge in [-0.1, -0.05) is 24.3 Å². The first-order valence-electron chi connectivity index (χ1n) is 5.88. The molecule has 0 aliphatic rings. The summed E-state index contributed by atoms with van der Waals surface area (Å²) in [6.45, 7) is 0. The second kappa shape index (κ2) is 4.58. The van der Waals surface area contributed by atoms with Gasteiger partial charge < -0.3 is 4.98 Å².